The summed E-state index contributed by atoms with van der Waals surface area (Å²) in [5.74, 6) is 1.05. The van der Waals surface area contributed by atoms with Gasteiger partial charge in [0, 0.05) is 31.3 Å². The van der Waals surface area contributed by atoms with Crippen LogP contribution in [0.15, 0.2) is 24.4 Å². The predicted molar refractivity (Wildman–Crippen MR) is 115 cm³/mol. The molecule has 2 amide bonds. The zero-order valence-corrected chi connectivity index (χ0v) is 18.6. The minimum Gasteiger partial charge on any atom is -0.378 e. The lowest BCUT2D eigenvalue weighted by molar-refractivity contribution is -0.138. The maximum absolute atomic E-state index is 12.6. The zero-order valence-electron chi connectivity index (χ0n) is 18.6. The average Bonchev–Trinajstić information content (AvgIpc) is 3.21. The monoisotopic (exact) mass is 413 g/mol. The van der Waals surface area contributed by atoms with Crippen molar-refractivity contribution in [3.63, 3.8) is 0 Å². The molecule has 0 aromatic carbocycles. The summed E-state index contributed by atoms with van der Waals surface area (Å²) in [6.07, 6.45) is 5.89. The van der Waals surface area contributed by atoms with Crippen molar-refractivity contribution < 1.29 is 14.3 Å². The number of nitrogens with one attached hydrogen (secondary N) is 2. The third-order valence-electron chi connectivity index (χ3n) is 8.05. The number of carbonyl (C=O) groups is 2. The van der Waals surface area contributed by atoms with E-state index in [0.717, 1.165) is 25.9 Å². The highest BCUT2D eigenvalue weighted by Crippen LogP contribution is 2.68. The van der Waals surface area contributed by atoms with Crippen LogP contribution < -0.4 is 10.6 Å². The minimum absolute atomic E-state index is 0.00720. The van der Waals surface area contributed by atoms with Gasteiger partial charge in [-0.15, -0.1) is 0 Å². The van der Waals surface area contributed by atoms with E-state index in [2.05, 4.69) is 29.5 Å². The molecule has 1 aliphatic heterocycles. The highest BCUT2D eigenvalue weighted by molar-refractivity contribution is 5.92. The number of hydrogen-bond acceptors (Lipinski definition) is 4. The van der Waals surface area contributed by atoms with Crippen molar-refractivity contribution in [3.8, 4) is 0 Å². The molecule has 1 aromatic rings. The summed E-state index contributed by atoms with van der Waals surface area (Å²) in [7, 11) is 0. The number of carbonyl (C=O) groups excluding carboxylic acids is 2. The molecule has 4 rings (SSSR count). The van der Waals surface area contributed by atoms with Crippen molar-refractivity contribution in [2.45, 2.75) is 65.5 Å². The molecule has 6 nitrogen and oxygen atoms in total. The molecule has 1 unspecified atom stereocenters. The Morgan fingerprint density at radius 2 is 2.10 bits per heavy atom. The fourth-order valence-electron chi connectivity index (χ4n) is 6.42. The number of amides is 2. The fraction of sp³-hybridized carbons (Fsp3) is 0.708. The van der Waals surface area contributed by atoms with Gasteiger partial charge in [0.2, 0.25) is 5.91 Å². The lowest BCUT2D eigenvalue weighted by Crippen LogP contribution is -2.60. The van der Waals surface area contributed by atoms with Gasteiger partial charge in [-0.3, -0.25) is 14.6 Å². The molecule has 164 valence electrons. The molecular formula is C24H35N3O3. The molecule has 2 saturated carbocycles. The second-order valence-corrected chi connectivity index (χ2v) is 10.3. The topological polar surface area (TPSA) is 80.3 Å². The van der Waals surface area contributed by atoms with Gasteiger partial charge >= 0.3 is 0 Å². The molecule has 1 saturated heterocycles. The number of aromatic nitrogens is 1. The van der Waals surface area contributed by atoms with Crippen LogP contribution in [-0.2, 0) is 9.53 Å². The Bertz CT molecular complexity index is 794. The summed E-state index contributed by atoms with van der Waals surface area (Å²) in [6.45, 7) is 9.87. The first-order valence-electron chi connectivity index (χ1n) is 11.4. The van der Waals surface area contributed by atoms with Gasteiger partial charge in [-0.25, -0.2) is 0 Å². The van der Waals surface area contributed by atoms with E-state index in [1.807, 2.05) is 19.9 Å². The van der Waals surface area contributed by atoms with Gasteiger partial charge in [-0.2, -0.15) is 0 Å². The van der Waals surface area contributed by atoms with Crippen molar-refractivity contribution in [1.29, 1.82) is 0 Å². The van der Waals surface area contributed by atoms with Crippen LogP contribution in [0.4, 0.5) is 0 Å². The molecule has 2 heterocycles. The van der Waals surface area contributed by atoms with Crippen LogP contribution in [0, 0.1) is 28.6 Å². The van der Waals surface area contributed by atoms with E-state index in [4.69, 9.17) is 4.74 Å². The molecule has 3 aliphatic rings. The normalized spacial score (nSPS) is 33.9. The van der Waals surface area contributed by atoms with Crippen molar-refractivity contribution in [1.82, 2.24) is 15.6 Å². The van der Waals surface area contributed by atoms with E-state index in [1.165, 1.54) is 6.42 Å². The molecule has 3 fully saturated rings. The number of nitrogens with zero attached hydrogens (tertiary/aromatic N) is 1. The van der Waals surface area contributed by atoms with E-state index >= 15 is 0 Å². The third-order valence-corrected chi connectivity index (χ3v) is 8.05. The van der Waals surface area contributed by atoms with Crippen LogP contribution in [0.5, 0.6) is 0 Å². The number of pyridine rings is 1. The van der Waals surface area contributed by atoms with Gasteiger partial charge in [0.1, 0.15) is 5.69 Å². The van der Waals surface area contributed by atoms with Crippen LogP contribution in [0.25, 0.3) is 0 Å². The van der Waals surface area contributed by atoms with Gasteiger partial charge in [0.15, 0.2) is 0 Å². The Morgan fingerprint density at radius 3 is 2.80 bits per heavy atom. The van der Waals surface area contributed by atoms with Crippen LogP contribution in [0.3, 0.4) is 0 Å². The Kier molecular flexibility index (Phi) is 5.64. The van der Waals surface area contributed by atoms with Crippen LogP contribution in [-0.4, -0.2) is 42.1 Å². The summed E-state index contributed by atoms with van der Waals surface area (Å²) in [5.41, 5.74) is 0.666. The standard InChI is InChI=1S/C24H35N3O3/c1-15(2)20(28)27-22-23(3,4)16-13-17-19(30-12-9-24(17,22)14-16)8-11-26-21(29)18-7-5-6-10-25-18/h5-7,10,15-17,19,22H,8-9,11-14H2,1-4H3,(H,26,29)(H,27,28)/t16-,17-,19-,22+,24?/m1/s1. The molecule has 0 radical (unpaired) electrons. The van der Waals surface area contributed by atoms with E-state index in [0.29, 0.717) is 24.1 Å². The second kappa shape index (κ2) is 7.95. The molecule has 6 heteroatoms. The number of rotatable bonds is 6. The first kappa shape index (κ1) is 21.3. The molecule has 5 atom stereocenters. The summed E-state index contributed by atoms with van der Waals surface area (Å²) in [6, 6.07) is 5.54. The lowest BCUT2D eigenvalue weighted by Gasteiger charge is -2.53. The second-order valence-electron chi connectivity index (χ2n) is 10.3. The van der Waals surface area contributed by atoms with Gasteiger partial charge in [0.25, 0.3) is 5.91 Å². The average molecular weight is 414 g/mol. The van der Waals surface area contributed by atoms with Gasteiger partial charge < -0.3 is 15.4 Å². The highest BCUT2D eigenvalue weighted by Gasteiger charge is 2.68. The highest BCUT2D eigenvalue weighted by atomic mass is 16.5. The Labute approximate surface area is 179 Å². The molecule has 1 spiro atoms. The zero-order chi connectivity index (χ0) is 21.5. The summed E-state index contributed by atoms with van der Waals surface area (Å²) >= 11 is 0. The number of ether oxygens (including phenoxy) is 1. The number of hydrogen-bond donors (Lipinski definition) is 2. The molecular weight excluding hydrogens is 378 g/mol. The Morgan fingerprint density at radius 1 is 1.30 bits per heavy atom. The summed E-state index contributed by atoms with van der Waals surface area (Å²) in [4.78, 5) is 29.0. The summed E-state index contributed by atoms with van der Waals surface area (Å²) < 4.78 is 6.22. The minimum atomic E-state index is -0.141. The quantitative estimate of drug-likeness (QED) is 0.751. The van der Waals surface area contributed by atoms with E-state index in [9.17, 15) is 9.59 Å². The molecule has 2 N–H and O–H groups in total. The first-order chi connectivity index (χ1) is 14.3. The van der Waals surface area contributed by atoms with E-state index in [1.54, 1.807) is 18.3 Å². The molecule has 1 aromatic heterocycles. The van der Waals surface area contributed by atoms with Gasteiger partial charge in [-0.05, 0) is 60.5 Å². The van der Waals surface area contributed by atoms with Crippen LogP contribution in [0.2, 0.25) is 0 Å². The summed E-state index contributed by atoms with van der Waals surface area (Å²) in [5, 5.41) is 6.43. The SMILES string of the molecule is CC(C)C(=O)N[C@H]1C(C)(C)[C@@H]2C[C@@H]3[C@@H](CCNC(=O)c4ccccn4)OCCC31C2. The third kappa shape index (κ3) is 3.53. The van der Waals surface area contributed by atoms with E-state index in [-0.39, 0.29) is 40.7 Å². The smallest absolute Gasteiger partial charge is 0.269 e. The molecule has 30 heavy (non-hydrogen) atoms. The van der Waals surface area contributed by atoms with Crippen molar-refractivity contribution in [2.24, 2.45) is 28.6 Å². The van der Waals surface area contributed by atoms with Crippen molar-refractivity contribution in [3.05, 3.63) is 30.1 Å². The van der Waals surface area contributed by atoms with Crippen molar-refractivity contribution in [2.75, 3.05) is 13.2 Å². The Hall–Kier alpha value is -1.95. The molecule has 2 bridgehead atoms. The number of fused-ring (bicyclic) bond motifs is 1. The maximum Gasteiger partial charge on any atom is 0.269 e. The Balaban J connectivity index is 1.43. The predicted octanol–water partition coefficient (Wildman–Crippen LogP) is 3.18. The van der Waals surface area contributed by atoms with Crippen LogP contribution >= 0.6 is 0 Å². The molecule has 2 aliphatic carbocycles. The maximum atomic E-state index is 12.6. The lowest BCUT2D eigenvalue weighted by atomic mass is 9.59. The van der Waals surface area contributed by atoms with Crippen LogP contribution in [0.1, 0.15) is 63.9 Å². The largest absolute Gasteiger partial charge is 0.378 e. The van der Waals surface area contributed by atoms with Gasteiger partial charge in [-0.1, -0.05) is 33.8 Å². The first-order valence-corrected chi connectivity index (χ1v) is 11.4. The van der Waals surface area contributed by atoms with Gasteiger partial charge in [0.05, 0.1) is 6.10 Å². The fourth-order valence-corrected chi connectivity index (χ4v) is 6.42. The van der Waals surface area contributed by atoms with E-state index < -0.39 is 0 Å². The van der Waals surface area contributed by atoms with Crippen molar-refractivity contribution >= 4 is 11.8 Å².